The van der Waals surface area contributed by atoms with Gasteiger partial charge in [0.25, 0.3) is 0 Å². The first kappa shape index (κ1) is 54.0. The van der Waals surface area contributed by atoms with E-state index in [0.29, 0.717) is 11.1 Å². The third-order valence-corrected chi connectivity index (χ3v) is 9.93. The fraction of sp³-hybridized carbons (Fsp3) is 0.450. The zero-order valence-electron chi connectivity index (χ0n) is 35.4. The first-order chi connectivity index (χ1) is 30.7. The number of carbonyl (C=O) groups excluding carboxylic acids is 8. The molecule has 1 unspecified atom stereocenters. The Morgan fingerprint density at radius 1 is 0.646 bits per heavy atom. The highest BCUT2D eigenvalue weighted by molar-refractivity contribution is 7.84. The molecule has 2 rings (SSSR count). The quantitative estimate of drug-likeness (QED) is 0.0399. The van der Waals surface area contributed by atoms with E-state index in [-0.39, 0.29) is 31.0 Å². The van der Waals surface area contributed by atoms with Crippen LogP contribution in [0.5, 0.6) is 5.75 Å². The predicted molar refractivity (Wildman–Crippen MR) is 227 cm³/mol. The summed E-state index contributed by atoms with van der Waals surface area (Å²) in [6.07, 6.45) is -2.36. The van der Waals surface area contributed by atoms with Crippen molar-refractivity contribution in [1.29, 1.82) is 0 Å². The molecule has 2 aromatic rings. The van der Waals surface area contributed by atoms with Gasteiger partial charge in [-0.1, -0.05) is 42.5 Å². The van der Waals surface area contributed by atoms with Crippen LogP contribution in [0.1, 0.15) is 50.2 Å². The summed E-state index contributed by atoms with van der Waals surface area (Å²) in [4.78, 5) is 126. The molecule has 8 amide bonds. The van der Waals surface area contributed by atoms with E-state index in [2.05, 4.69) is 37.2 Å². The van der Waals surface area contributed by atoms with Crippen LogP contribution < -0.4 is 43.0 Å². The van der Waals surface area contributed by atoms with Crippen molar-refractivity contribution in [2.75, 3.05) is 25.2 Å². The van der Waals surface area contributed by atoms with E-state index < -0.39 is 145 Å². The van der Waals surface area contributed by atoms with Crippen LogP contribution in [0.3, 0.4) is 0 Å². The fourth-order valence-corrected chi connectivity index (χ4v) is 6.14. The number of aliphatic hydroxyl groups is 1. The van der Waals surface area contributed by atoms with Gasteiger partial charge >= 0.3 is 18.0 Å². The number of phenolic OH excluding ortho intramolecular Hbond substituents is 1. The van der Waals surface area contributed by atoms with Crippen LogP contribution in [0, 0.1) is 0 Å². The van der Waals surface area contributed by atoms with Gasteiger partial charge < -0.3 is 68.1 Å². The minimum absolute atomic E-state index is 0.0799. The highest BCUT2D eigenvalue weighted by Crippen LogP contribution is 2.13. The second kappa shape index (κ2) is 27.8. The summed E-state index contributed by atoms with van der Waals surface area (Å²) in [7, 11) is -1.54. The molecule has 24 nitrogen and oxygen atoms in total. The summed E-state index contributed by atoms with van der Waals surface area (Å²) >= 11 is 0. The van der Waals surface area contributed by atoms with Gasteiger partial charge in [0.2, 0.25) is 41.4 Å². The zero-order chi connectivity index (χ0) is 48.6. The van der Waals surface area contributed by atoms with Crippen molar-refractivity contribution in [3.8, 4) is 5.75 Å². The summed E-state index contributed by atoms with van der Waals surface area (Å²) in [5.41, 5.74) is 6.44. The second-order valence-corrected chi connectivity index (χ2v) is 16.0. The average Bonchev–Trinajstić information content (AvgIpc) is 3.25. The topological polar surface area (TPSA) is 388 Å². The molecule has 0 aliphatic carbocycles. The maximum absolute atomic E-state index is 13.8. The molecule has 2 aromatic carbocycles. The lowest BCUT2D eigenvalue weighted by molar-refractivity contribution is -0.139. The normalized spacial score (nSPS) is 14.0. The number of aliphatic carboxylic acids is 2. The van der Waals surface area contributed by atoms with Crippen molar-refractivity contribution in [3.63, 3.8) is 0 Å². The number of aliphatic hydroxyl groups excluding tert-OH is 1. The SMILES string of the molecule is C[C@H](NC(=O)OCc1ccccc1)C(=O)NCC(=O)N[C@@H](CCC(=O)O)C(=O)N[C@@H](CO)C(=O)N[C@@H](CCS(C)=O)C(=O)N[C@@H](Cc1ccc(O)cc1)C(=O)N[C@@H](CCC(=O)O)C(N)=O. The lowest BCUT2D eigenvalue weighted by atomic mass is 10.0. The van der Waals surface area contributed by atoms with Crippen LogP contribution in [-0.4, -0.2) is 145 Å². The van der Waals surface area contributed by atoms with Gasteiger partial charge in [-0.2, -0.15) is 0 Å². The maximum atomic E-state index is 13.8. The number of carboxylic acid groups (broad SMARTS) is 2. The summed E-state index contributed by atoms with van der Waals surface area (Å²) in [6, 6.07) is 4.83. The molecule has 7 atom stereocenters. The molecule has 0 saturated heterocycles. The van der Waals surface area contributed by atoms with Crippen LogP contribution in [0.15, 0.2) is 54.6 Å². The number of amides is 8. The first-order valence-electron chi connectivity index (χ1n) is 19.9. The highest BCUT2D eigenvalue weighted by Gasteiger charge is 2.33. The van der Waals surface area contributed by atoms with E-state index in [0.717, 1.165) is 0 Å². The Hall–Kier alpha value is -7.15. The molecule has 0 aromatic heterocycles. The first-order valence-corrected chi connectivity index (χ1v) is 21.6. The summed E-state index contributed by atoms with van der Waals surface area (Å²) in [6.45, 7) is -0.630. The van der Waals surface area contributed by atoms with Gasteiger partial charge in [-0.05, 0) is 49.4 Å². The minimum atomic E-state index is -1.84. The van der Waals surface area contributed by atoms with Crippen molar-refractivity contribution in [1.82, 2.24) is 37.2 Å². The number of alkyl carbamates (subject to hydrolysis) is 1. The van der Waals surface area contributed by atoms with Crippen molar-refractivity contribution >= 4 is 70.2 Å². The number of rotatable bonds is 28. The van der Waals surface area contributed by atoms with Crippen molar-refractivity contribution in [2.45, 2.75) is 88.3 Å². The molecule has 0 bridgehead atoms. The van der Waals surface area contributed by atoms with Crippen LogP contribution >= 0.6 is 0 Å². The zero-order valence-corrected chi connectivity index (χ0v) is 36.2. The third-order valence-electron chi connectivity index (χ3n) is 9.12. The Morgan fingerprint density at radius 3 is 1.71 bits per heavy atom. The summed E-state index contributed by atoms with van der Waals surface area (Å²) < 4.78 is 17.1. The molecular weight excluding hydrogens is 881 g/mol. The number of phenols is 1. The summed E-state index contributed by atoms with van der Waals surface area (Å²) in [5.74, 6) is -10.3. The van der Waals surface area contributed by atoms with Gasteiger partial charge in [0, 0.05) is 42.1 Å². The predicted octanol–water partition coefficient (Wildman–Crippen LogP) is -3.23. The molecule has 0 heterocycles. The smallest absolute Gasteiger partial charge is 0.408 e. The van der Waals surface area contributed by atoms with Gasteiger partial charge in [0.1, 0.15) is 48.6 Å². The van der Waals surface area contributed by atoms with Gasteiger partial charge in [-0.3, -0.25) is 47.4 Å². The number of hydrogen-bond acceptors (Lipinski definition) is 14. The molecule has 0 radical (unpaired) electrons. The number of ether oxygens (including phenoxy) is 1. The Balaban J connectivity index is 2.18. The molecule has 0 saturated carbocycles. The van der Waals surface area contributed by atoms with E-state index in [9.17, 15) is 67.5 Å². The minimum Gasteiger partial charge on any atom is -0.508 e. The molecule has 0 aliphatic heterocycles. The van der Waals surface area contributed by atoms with E-state index in [1.807, 2.05) is 0 Å². The van der Waals surface area contributed by atoms with Crippen molar-refractivity contribution in [3.05, 3.63) is 65.7 Å². The van der Waals surface area contributed by atoms with Gasteiger partial charge in [0.05, 0.1) is 13.2 Å². The number of aromatic hydroxyl groups is 1. The molecule has 65 heavy (non-hydrogen) atoms. The van der Waals surface area contributed by atoms with Crippen LogP contribution in [0.25, 0.3) is 0 Å². The molecule has 25 heteroatoms. The maximum Gasteiger partial charge on any atom is 0.408 e. The number of hydrogen-bond donors (Lipinski definition) is 12. The number of nitrogens with one attached hydrogen (secondary N) is 7. The van der Waals surface area contributed by atoms with Crippen molar-refractivity contribution in [2.24, 2.45) is 5.73 Å². The second-order valence-electron chi connectivity index (χ2n) is 14.4. The molecule has 0 fully saturated rings. The average molecular weight is 935 g/mol. The standard InChI is InChI=1S/C40H54N8O16S/c1-22(43-40(62)64-21-24-6-4-3-5-7-24)35(57)42-19-31(51)44-27(13-15-33(54)55)36(58)48-30(20-49)39(61)46-28(16-17-65(2)63)37(59)47-29(18-23-8-10-25(50)11-9-23)38(60)45-26(34(41)56)12-14-32(52)53/h3-11,22,26-30,49-50H,12-21H2,1-2H3,(H2,41,56)(H,42,57)(H,43,62)(H,44,51)(H,45,60)(H,46,61)(H,47,59)(H,48,58)(H,52,53)(H,54,55)/t22-,26-,27-,28-,29-,30-,65?/m0/s1. The fourth-order valence-electron chi connectivity index (χ4n) is 5.58. The Labute approximate surface area is 374 Å². The monoisotopic (exact) mass is 934 g/mol. The van der Waals surface area contributed by atoms with E-state index in [1.165, 1.54) is 37.4 Å². The largest absolute Gasteiger partial charge is 0.508 e. The Bertz CT molecular complexity index is 2020. The van der Waals surface area contributed by atoms with E-state index in [4.69, 9.17) is 15.6 Å². The molecular formula is C40H54N8O16S. The molecule has 0 spiro atoms. The van der Waals surface area contributed by atoms with Gasteiger partial charge in [-0.25, -0.2) is 4.79 Å². The number of carboxylic acids is 2. The number of primary amides is 1. The van der Waals surface area contributed by atoms with Crippen LogP contribution in [0.2, 0.25) is 0 Å². The lowest BCUT2D eigenvalue weighted by Crippen LogP contribution is -2.60. The van der Waals surface area contributed by atoms with Gasteiger partial charge in [-0.15, -0.1) is 0 Å². The Morgan fingerprint density at radius 2 is 1.15 bits per heavy atom. The number of nitrogens with two attached hydrogens (primary N) is 1. The van der Waals surface area contributed by atoms with E-state index >= 15 is 0 Å². The van der Waals surface area contributed by atoms with Crippen LogP contribution in [0.4, 0.5) is 4.79 Å². The Kier molecular flexibility index (Phi) is 23.1. The van der Waals surface area contributed by atoms with E-state index in [1.54, 1.807) is 30.3 Å². The molecule has 13 N–H and O–H groups in total. The van der Waals surface area contributed by atoms with Crippen molar-refractivity contribution < 1.29 is 77.3 Å². The number of carbonyl (C=O) groups is 10. The van der Waals surface area contributed by atoms with Crippen LogP contribution in [-0.2, 0) is 71.7 Å². The highest BCUT2D eigenvalue weighted by atomic mass is 32.2. The molecule has 356 valence electrons. The number of benzene rings is 2. The summed E-state index contributed by atoms with van der Waals surface area (Å²) in [5, 5.41) is 54.1. The van der Waals surface area contributed by atoms with Gasteiger partial charge in [0.15, 0.2) is 0 Å². The molecule has 0 aliphatic rings. The lowest BCUT2D eigenvalue weighted by Gasteiger charge is -2.26. The third kappa shape index (κ3) is 21.2.